The third kappa shape index (κ3) is 2.54. The Bertz CT molecular complexity index is 775. The molecule has 0 aliphatic carbocycles. The molecule has 0 saturated carbocycles. The molecule has 0 radical (unpaired) electrons. The van der Waals surface area contributed by atoms with Crippen molar-refractivity contribution >= 4 is 0 Å². The average molecular weight is 347 g/mol. The van der Waals surface area contributed by atoms with Crippen LogP contribution < -0.4 is 0 Å². The maximum absolute atomic E-state index is 2.80. The number of piperidine rings is 1. The molecule has 3 heterocycles. The van der Waals surface area contributed by atoms with E-state index in [1.54, 1.807) is 11.1 Å². The van der Waals surface area contributed by atoms with Gasteiger partial charge in [0, 0.05) is 19.1 Å². The largest absolute Gasteiger partial charge is 0.300 e. The zero-order chi connectivity index (χ0) is 17.6. The van der Waals surface area contributed by atoms with Crippen LogP contribution in [-0.2, 0) is 12.0 Å². The maximum atomic E-state index is 2.80. The molecule has 2 nitrogen and oxygen atoms in total. The van der Waals surface area contributed by atoms with Crippen molar-refractivity contribution < 1.29 is 0 Å². The highest BCUT2D eigenvalue weighted by molar-refractivity contribution is 5.46. The zero-order valence-corrected chi connectivity index (χ0v) is 16.0. The molecule has 2 atom stereocenters. The summed E-state index contributed by atoms with van der Waals surface area (Å²) in [6, 6.07) is 19.4. The van der Waals surface area contributed by atoms with Gasteiger partial charge in [-0.1, -0.05) is 54.1 Å². The minimum Gasteiger partial charge on any atom is -0.300 e. The quantitative estimate of drug-likeness (QED) is 0.797. The molecule has 0 N–H and O–H groups in total. The Labute approximate surface area is 157 Å². The van der Waals surface area contributed by atoms with Crippen LogP contribution in [0.4, 0.5) is 0 Å². The van der Waals surface area contributed by atoms with Gasteiger partial charge in [-0.05, 0) is 68.8 Å². The highest BCUT2D eigenvalue weighted by Crippen LogP contribution is 2.48. The summed E-state index contributed by atoms with van der Waals surface area (Å²) in [7, 11) is 0. The lowest BCUT2D eigenvalue weighted by Crippen LogP contribution is -2.59. The molecule has 2 aromatic rings. The van der Waals surface area contributed by atoms with E-state index in [-0.39, 0.29) is 5.54 Å². The Hall–Kier alpha value is -1.64. The van der Waals surface area contributed by atoms with Crippen LogP contribution in [0.5, 0.6) is 0 Å². The lowest BCUT2D eigenvalue weighted by molar-refractivity contribution is 0.0174. The summed E-state index contributed by atoms with van der Waals surface area (Å²) in [6.45, 7) is 7.22. The van der Waals surface area contributed by atoms with Crippen LogP contribution in [0.25, 0.3) is 0 Å². The Kier molecular flexibility index (Phi) is 4.14. The molecule has 2 aromatic carbocycles. The van der Waals surface area contributed by atoms with Crippen LogP contribution in [0.1, 0.15) is 47.9 Å². The number of hydrogen-bond donors (Lipinski definition) is 0. The van der Waals surface area contributed by atoms with Gasteiger partial charge in [0.2, 0.25) is 0 Å². The van der Waals surface area contributed by atoms with Gasteiger partial charge in [-0.15, -0.1) is 0 Å². The van der Waals surface area contributed by atoms with Crippen LogP contribution in [0.15, 0.2) is 48.5 Å². The summed E-state index contributed by atoms with van der Waals surface area (Å²) < 4.78 is 0. The van der Waals surface area contributed by atoms with Crippen molar-refractivity contribution in [3.8, 4) is 0 Å². The monoisotopic (exact) mass is 346 g/mol. The van der Waals surface area contributed by atoms with Crippen molar-refractivity contribution in [3.05, 3.63) is 70.8 Å². The minimum atomic E-state index is 0.0635. The molecule has 0 bridgehead atoms. The van der Waals surface area contributed by atoms with Gasteiger partial charge in [-0.3, -0.25) is 4.90 Å². The SMILES string of the molecule is Cc1ccc(C23CC(N4CCCC4)CCN2CCc2ccccc23)cc1. The molecular formula is C24H30N2. The molecule has 3 aliphatic rings. The van der Waals surface area contributed by atoms with Gasteiger partial charge in [0.1, 0.15) is 0 Å². The van der Waals surface area contributed by atoms with Crippen molar-refractivity contribution in [1.82, 2.24) is 9.80 Å². The minimum absolute atomic E-state index is 0.0635. The number of nitrogens with zero attached hydrogens (tertiary/aromatic N) is 2. The van der Waals surface area contributed by atoms with E-state index < -0.39 is 0 Å². The summed E-state index contributed by atoms with van der Waals surface area (Å²) >= 11 is 0. The molecular weight excluding hydrogens is 316 g/mol. The zero-order valence-electron chi connectivity index (χ0n) is 16.0. The van der Waals surface area contributed by atoms with Crippen LogP contribution in [0, 0.1) is 6.92 Å². The van der Waals surface area contributed by atoms with Gasteiger partial charge >= 0.3 is 0 Å². The fourth-order valence-corrected chi connectivity index (χ4v) is 5.75. The number of rotatable bonds is 2. The number of hydrogen-bond acceptors (Lipinski definition) is 2. The average Bonchev–Trinajstić information content (AvgIpc) is 3.23. The van der Waals surface area contributed by atoms with Crippen LogP contribution in [0.3, 0.4) is 0 Å². The van der Waals surface area contributed by atoms with Gasteiger partial charge in [-0.25, -0.2) is 0 Å². The summed E-state index contributed by atoms with van der Waals surface area (Å²) in [6.07, 6.45) is 6.53. The number of likely N-dealkylation sites (tertiary alicyclic amines) is 1. The summed E-state index contributed by atoms with van der Waals surface area (Å²) in [5.74, 6) is 0. The molecule has 0 aromatic heterocycles. The van der Waals surface area contributed by atoms with Crippen molar-refractivity contribution in [1.29, 1.82) is 0 Å². The number of fused-ring (bicyclic) bond motifs is 3. The Balaban J connectivity index is 1.64. The Morgan fingerprint density at radius 3 is 2.46 bits per heavy atom. The van der Waals surface area contributed by atoms with Gasteiger partial charge < -0.3 is 4.90 Å². The lowest BCUT2D eigenvalue weighted by atomic mass is 9.69. The molecule has 26 heavy (non-hydrogen) atoms. The van der Waals surface area contributed by atoms with Crippen LogP contribution >= 0.6 is 0 Å². The van der Waals surface area contributed by atoms with E-state index in [4.69, 9.17) is 0 Å². The van der Waals surface area contributed by atoms with Crippen molar-refractivity contribution in [2.24, 2.45) is 0 Å². The fourth-order valence-electron chi connectivity index (χ4n) is 5.75. The second-order valence-corrected chi connectivity index (χ2v) is 8.51. The summed E-state index contributed by atoms with van der Waals surface area (Å²) in [4.78, 5) is 5.58. The molecule has 2 saturated heterocycles. The smallest absolute Gasteiger partial charge is 0.0733 e. The lowest BCUT2D eigenvalue weighted by Gasteiger charge is -2.55. The number of aryl methyl sites for hydroxylation is 1. The first-order valence-electron chi connectivity index (χ1n) is 10.4. The van der Waals surface area contributed by atoms with E-state index in [1.165, 1.54) is 69.4 Å². The normalized spacial score (nSPS) is 29.3. The Morgan fingerprint density at radius 2 is 1.65 bits per heavy atom. The number of benzene rings is 2. The standard InChI is InChI=1S/C24H30N2/c1-19-8-10-21(11-9-19)24-18-22(25-14-4-5-15-25)13-17-26(24)16-12-20-6-2-3-7-23(20)24/h2-3,6-11,22H,4-5,12-18H2,1H3. The van der Waals surface area contributed by atoms with Crippen molar-refractivity contribution in [2.45, 2.75) is 50.6 Å². The third-order valence-corrected chi connectivity index (χ3v) is 7.10. The molecule has 2 heteroatoms. The molecule has 136 valence electrons. The maximum Gasteiger partial charge on any atom is 0.0733 e. The first kappa shape index (κ1) is 16.5. The van der Waals surface area contributed by atoms with E-state index in [2.05, 4.69) is 65.3 Å². The van der Waals surface area contributed by atoms with Gasteiger partial charge in [0.15, 0.2) is 0 Å². The summed E-state index contributed by atoms with van der Waals surface area (Å²) in [5, 5.41) is 0. The second kappa shape index (κ2) is 6.51. The second-order valence-electron chi connectivity index (χ2n) is 8.51. The van der Waals surface area contributed by atoms with E-state index >= 15 is 0 Å². The van der Waals surface area contributed by atoms with Crippen LogP contribution in [0.2, 0.25) is 0 Å². The van der Waals surface area contributed by atoms with Crippen molar-refractivity contribution in [2.75, 3.05) is 26.2 Å². The predicted molar refractivity (Wildman–Crippen MR) is 108 cm³/mol. The fraction of sp³-hybridized carbons (Fsp3) is 0.500. The van der Waals surface area contributed by atoms with Crippen LogP contribution in [-0.4, -0.2) is 42.0 Å². The molecule has 2 unspecified atom stereocenters. The first-order chi connectivity index (χ1) is 12.8. The molecule has 2 fully saturated rings. The molecule has 3 aliphatic heterocycles. The van der Waals surface area contributed by atoms with Crippen molar-refractivity contribution in [3.63, 3.8) is 0 Å². The van der Waals surface area contributed by atoms with Gasteiger partial charge in [0.25, 0.3) is 0 Å². The summed E-state index contributed by atoms with van der Waals surface area (Å²) in [5.41, 5.74) is 6.05. The highest BCUT2D eigenvalue weighted by Gasteiger charge is 2.48. The van der Waals surface area contributed by atoms with Gasteiger partial charge in [0.05, 0.1) is 5.54 Å². The van der Waals surface area contributed by atoms with Gasteiger partial charge in [-0.2, -0.15) is 0 Å². The highest BCUT2D eigenvalue weighted by atomic mass is 15.3. The molecule has 5 rings (SSSR count). The van der Waals surface area contributed by atoms with E-state index in [1.807, 2.05) is 0 Å². The predicted octanol–water partition coefficient (Wildman–Crippen LogP) is 4.35. The van der Waals surface area contributed by atoms with E-state index in [9.17, 15) is 0 Å². The first-order valence-corrected chi connectivity index (χ1v) is 10.4. The topological polar surface area (TPSA) is 6.48 Å². The third-order valence-electron chi connectivity index (χ3n) is 7.10. The Morgan fingerprint density at radius 1 is 0.885 bits per heavy atom. The molecule has 0 spiro atoms. The van der Waals surface area contributed by atoms with E-state index in [0.29, 0.717) is 0 Å². The van der Waals surface area contributed by atoms with E-state index in [0.717, 1.165) is 6.04 Å². The molecule has 0 amide bonds.